The molecule has 0 unspecified atom stereocenters. The van der Waals surface area contributed by atoms with E-state index in [1.165, 1.54) is 16.7 Å². The Kier molecular flexibility index (Phi) is 9.86. The third-order valence-corrected chi connectivity index (χ3v) is 7.88. The molecule has 0 aliphatic carbocycles. The first-order valence-corrected chi connectivity index (χ1v) is 13.8. The fourth-order valence-corrected chi connectivity index (χ4v) is 5.83. The number of thiocarbonyl (C=S) groups is 1. The Bertz CT molecular complexity index is 1220. The average molecular weight is 582 g/mol. The molecule has 4 rings (SSSR count). The lowest BCUT2D eigenvalue weighted by molar-refractivity contribution is -0.137. The Balaban J connectivity index is 1.58. The monoisotopic (exact) mass is 580 g/mol. The molecule has 2 aromatic rings. The van der Waals surface area contributed by atoms with Crippen LogP contribution in [-0.4, -0.2) is 77.1 Å². The first-order chi connectivity index (χ1) is 17.8. The number of hydrogen-bond donors (Lipinski definition) is 1. The van der Waals surface area contributed by atoms with E-state index in [0.29, 0.717) is 38.0 Å². The van der Waals surface area contributed by atoms with Gasteiger partial charge in [-0.05, 0) is 42.3 Å². The molecular formula is C26H26Cl2N2O5S2. The zero-order valence-corrected chi connectivity index (χ0v) is 23.1. The fraction of sp³-hybridized carbons (Fsp3) is 0.346. The quantitative estimate of drug-likeness (QED) is 0.294. The number of thioether (sulfide) groups is 1. The number of aliphatic carboxylic acids is 1. The van der Waals surface area contributed by atoms with E-state index < -0.39 is 5.97 Å². The van der Waals surface area contributed by atoms with Gasteiger partial charge >= 0.3 is 5.97 Å². The van der Waals surface area contributed by atoms with E-state index >= 15 is 0 Å². The first-order valence-electron chi connectivity index (χ1n) is 11.8. The molecule has 0 aromatic heterocycles. The van der Waals surface area contributed by atoms with Crippen molar-refractivity contribution in [1.82, 2.24) is 9.80 Å². The van der Waals surface area contributed by atoms with E-state index in [1.807, 2.05) is 24.3 Å². The van der Waals surface area contributed by atoms with Gasteiger partial charge in [0.05, 0.1) is 18.1 Å². The zero-order chi connectivity index (χ0) is 26.4. The highest BCUT2D eigenvalue weighted by Crippen LogP contribution is 2.37. The van der Waals surface area contributed by atoms with E-state index in [1.54, 1.807) is 18.2 Å². The van der Waals surface area contributed by atoms with Crippen LogP contribution in [0.25, 0.3) is 17.2 Å². The number of morpholine rings is 1. The van der Waals surface area contributed by atoms with Crippen LogP contribution in [0.4, 0.5) is 0 Å². The Morgan fingerprint density at radius 3 is 2.68 bits per heavy atom. The second-order valence-electron chi connectivity index (χ2n) is 8.51. The number of carboxylic acids is 1. The summed E-state index contributed by atoms with van der Waals surface area (Å²) < 4.78 is 12.0. The maximum Gasteiger partial charge on any atom is 0.303 e. The molecule has 37 heavy (non-hydrogen) atoms. The molecule has 1 amide bonds. The number of carbonyl (C=O) groups is 2. The summed E-state index contributed by atoms with van der Waals surface area (Å²) in [7, 11) is 0. The molecule has 2 aliphatic rings. The lowest BCUT2D eigenvalue weighted by atomic mass is 10.0. The molecule has 0 atom stereocenters. The van der Waals surface area contributed by atoms with E-state index in [0.717, 1.165) is 49.5 Å². The highest BCUT2D eigenvalue weighted by molar-refractivity contribution is 8.26. The van der Waals surface area contributed by atoms with Gasteiger partial charge in [0.2, 0.25) is 0 Å². The van der Waals surface area contributed by atoms with Crippen LogP contribution in [0.1, 0.15) is 18.4 Å². The Morgan fingerprint density at radius 1 is 1.16 bits per heavy atom. The predicted molar refractivity (Wildman–Crippen MR) is 151 cm³/mol. The number of hydrogen-bond acceptors (Lipinski definition) is 7. The van der Waals surface area contributed by atoms with Crippen LogP contribution in [0, 0.1) is 0 Å². The number of halogens is 2. The largest absolute Gasteiger partial charge is 0.492 e. The summed E-state index contributed by atoms with van der Waals surface area (Å²) in [6.07, 6.45) is 2.07. The van der Waals surface area contributed by atoms with Gasteiger partial charge in [-0.1, -0.05) is 59.3 Å². The maximum absolute atomic E-state index is 13.1. The molecule has 0 saturated carbocycles. The minimum Gasteiger partial charge on any atom is -0.492 e. The molecule has 0 spiro atoms. The molecule has 1 N–H and O–H groups in total. The van der Waals surface area contributed by atoms with Crippen LogP contribution in [0.3, 0.4) is 0 Å². The summed E-state index contributed by atoms with van der Waals surface area (Å²) in [5.41, 5.74) is 2.38. The fourth-order valence-electron chi connectivity index (χ4n) is 4.02. The molecule has 0 radical (unpaired) electrons. The van der Waals surface area contributed by atoms with Crippen molar-refractivity contribution in [1.29, 1.82) is 0 Å². The zero-order valence-electron chi connectivity index (χ0n) is 20.0. The van der Waals surface area contributed by atoms with Gasteiger partial charge in [0, 0.05) is 53.8 Å². The van der Waals surface area contributed by atoms with Crippen LogP contribution >= 0.6 is 47.2 Å². The number of amides is 1. The molecule has 2 aliphatic heterocycles. The van der Waals surface area contributed by atoms with Gasteiger partial charge in [0.25, 0.3) is 5.91 Å². The summed E-state index contributed by atoms with van der Waals surface area (Å²) in [6, 6.07) is 11.0. The molecular weight excluding hydrogens is 555 g/mol. The van der Waals surface area contributed by atoms with E-state index in [-0.39, 0.29) is 18.9 Å². The summed E-state index contributed by atoms with van der Waals surface area (Å²) >= 11 is 19.1. The average Bonchev–Trinajstić information content (AvgIpc) is 3.13. The standard InChI is InChI=1S/C26H26Cl2N2O5S2/c27-19-4-5-20(21(28)16-19)17-3-6-22(35-13-10-29-8-11-34-12-9-29)18(14-17)15-23-25(33)30(26(36)37-23)7-1-2-24(31)32/h3-6,14-16H,1-2,7-13H2,(H,31,32). The third-order valence-electron chi connectivity index (χ3n) is 5.95. The molecule has 2 aromatic carbocycles. The van der Waals surface area contributed by atoms with Crippen LogP contribution < -0.4 is 4.74 Å². The molecule has 11 heteroatoms. The summed E-state index contributed by atoms with van der Waals surface area (Å²) in [5.74, 6) is -0.509. The minimum absolute atomic E-state index is 0.0267. The lowest BCUT2D eigenvalue weighted by Crippen LogP contribution is -2.38. The topological polar surface area (TPSA) is 79.3 Å². The van der Waals surface area contributed by atoms with Crippen LogP contribution in [0.2, 0.25) is 10.0 Å². The van der Waals surface area contributed by atoms with Crippen molar-refractivity contribution in [2.24, 2.45) is 0 Å². The minimum atomic E-state index is -0.905. The molecule has 2 saturated heterocycles. The van der Waals surface area contributed by atoms with Crippen molar-refractivity contribution in [3.8, 4) is 16.9 Å². The molecule has 7 nitrogen and oxygen atoms in total. The van der Waals surface area contributed by atoms with Gasteiger partial charge in [0.1, 0.15) is 16.7 Å². The second-order valence-corrected chi connectivity index (χ2v) is 11.0. The smallest absolute Gasteiger partial charge is 0.303 e. The molecule has 2 fully saturated rings. The van der Waals surface area contributed by atoms with Gasteiger partial charge in [0.15, 0.2) is 0 Å². The van der Waals surface area contributed by atoms with Gasteiger partial charge < -0.3 is 14.6 Å². The van der Waals surface area contributed by atoms with Crippen LogP contribution in [0.5, 0.6) is 5.75 Å². The molecule has 0 bridgehead atoms. The Labute approximate surface area is 235 Å². The highest BCUT2D eigenvalue weighted by Gasteiger charge is 2.32. The highest BCUT2D eigenvalue weighted by atomic mass is 35.5. The van der Waals surface area contributed by atoms with Gasteiger partial charge in [-0.25, -0.2) is 0 Å². The lowest BCUT2D eigenvalue weighted by Gasteiger charge is -2.26. The molecule has 2 heterocycles. The number of ether oxygens (including phenoxy) is 2. The van der Waals surface area contributed by atoms with Gasteiger partial charge in [-0.2, -0.15) is 0 Å². The van der Waals surface area contributed by atoms with Crippen molar-refractivity contribution in [2.45, 2.75) is 12.8 Å². The van der Waals surface area contributed by atoms with Crippen molar-refractivity contribution >= 4 is 69.5 Å². The van der Waals surface area contributed by atoms with E-state index in [9.17, 15) is 9.59 Å². The number of benzene rings is 2. The third kappa shape index (κ3) is 7.46. The number of carbonyl (C=O) groups excluding carboxylic acids is 1. The number of nitrogens with zero attached hydrogens (tertiary/aromatic N) is 2. The van der Waals surface area contributed by atoms with Crippen molar-refractivity contribution in [3.63, 3.8) is 0 Å². The molecule has 196 valence electrons. The normalized spacial score (nSPS) is 17.6. The Morgan fingerprint density at radius 2 is 1.95 bits per heavy atom. The second kappa shape index (κ2) is 13.1. The SMILES string of the molecule is O=C(O)CCCN1C(=O)C(=Cc2cc(-c3ccc(Cl)cc3Cl)ccc2OCCN2CCOCC2)SC1=S. The van der Waals surface area contributed by atoms with Gasteiger partial charge in [-0.15, -0.1) is 0 Å². The maximum atomic E-state index is 13.1. The first kappa shape index (κ1) is 27.9. The van der Waals surface area contributed by atoms with Crippen molar-refractivity contribution in [3.05, 3.63) is 56.9 Å². The summed E-state index contributed by atoms with van der Waals surface area (Å²) in [5, 5.41) is 9.98. The van der Waals surface area contributed by atoms with E-state index in [4.69, 9.17) is 50.0 Å². The van der Waals surface area contributed by atoms with E-state index in [2.05, 4.69) is 4.90 Å². The Hall–Kier alpha value is -2.14. The predicted octanol–water partition coefficient (Wildman–Crippen LogP) is 5.44. The summed E-state index contributed by atoms with van der Waals surface area (Å²) in [6.45, 7) is 4.68. The van der Waals surface area contributed by atoms with Crippen molar-refractivity contribution in [2.75, 3.05) is 46.0 Å². The van der Waals surface area contributed by atoms with Crippen molar-refractivity contribution < 1.29 is 24.2 Å². The number of rotatable bonds is 10. The van der Waals surface area contributed by atoms with Crippen LogP contribution in [0.15, 0.2) is 41.3 Å². The van der Waals surface area contributed by atoms with Gasteiger partial charge in [-0.3, -0.25) is 19.4 Å². The summed E-state index contributed by atoms with van der Waals surface area (Å²) in [4.78, 5) is 28.1. The van der Waals surface area contributed by atoms with Crippen LogP contribution in [-0.2, 0) is 14.3 Å². The number of carboxylic acid groups (broad SMARTS) is 1.